The van der Waals surface area contributed by atoms with Crippen molar-refractivity contribution in [3.8, 4) is 0 Å². The molecule has 0 atom stereocenters. The van der Waals surface area contributed by atoms with Gasteiger partial charge in [-0.3, -0.25) is 4.55 Å². The molecule has 1 N–H and O–H groups in total. The third-order valence-corrected chi connectivity index (χ3v) is 12.6. The Hall–Kier alpha value is -1.13. The van der Waals surface area contributed by atoms with Crippen molar-refractivity contribution < 1.29 is 32.8 Å². The van der Waals surface area contributed by atoms with Gasteiger partial charge < -0.3 is 19.8 Å². The first-order valence-corrected chi connectivity index (χ1v) is 24.6. The smallest absolute Gasteiger partial charge is 0.282 e. The fourth-order valence-corrected chi connectivity index (χ4v) is 9.24. The molecule has 0 spiro atoms. The quantitative estimate of drug-likeness (QED) is 0.0532. The Morgan fingerprint density at radius 2 is 0.833 bits per heavy atom. The summed E-state index contributed by atoms with van der Waals surface area (Å²) in [5.41, 5.74) is 0.956. The molecule has 1 aromatic rings. The SMILES string of the molecule is CCCCCCCCCCCC(=O)[O-].CCCCCCCCCCCC(=O)[O-].CCC[CH2][Sn+2][CH2]CCC.Cc1ccc(S(=O)(=O)O)cc1. The van der Waals surface area contributed by atoms with Gasteiger partial charge in [-0.15, -0.1) is 0 Å². The second-order valence-corrected chi connectivity index (χ2v) is 18.3. The van der Waals surface area contributed by atoms with Crippen LogP contribution in [-0.2, 0) is 19.7 Å². The first kappa shape index (κ1) is 51.2. The molecular weight excluding hydrogens is 731 g/mol. The molecule has 1 rings (SSSR count). The van der Waals surface area contributed by atoms with E-state index in [1.807, 2.05) is 6.92 Å². The summed E-state index contributed by atoms with van der Waals surface area (Å²) in [5.74, 6) is -1.82. The zero-order valence-corrected chi connectivity index (χ0v) is 35.2. The third kappa shape index (κ3) is 47.0. The van der Waals surface area contributed by atoms with E-state index >= 15 is 0 Å². The van der Waals surface area contributed by atoms with Gasteiger partial charge in [-0.2, -0.15) is 8.42 Å². The summed E-state index contributed by atoms with van der Waals surface area (Å²) in [7, 11) is -4.02. The number of carbonyl (C=O) groups excluding carboxylic acids is 2. The fraction of sp³-hybridized carbons (Fsp3) is 0.795. The van der Waals surface area contributed by atoms with Gasteiger partial charge in [0.25, 0.3) is 10.1 Å². The molecular formula is C39H72O7SSn. The molecule has 0 amide bonds. The summed E-state index contributed by atoms with van der Waals surface area (Å²) in [5, 5.41) is 20.2. The van der Waals surface area contributed by atoms with Crippen LogP contribution in [0.25, 0.3) is 0 Å². The minimum Gasteiger partial charge on any atom is -0.282 e. The normalized spacial score (nSPS) is 10.4. The van der Waals surface area contributed by atoms with Crippen molar-refractivity contribution in [2.24, 2.45) is 0 Å². The minimum absolute atomic E-state index is 0.0666. The second-order valence-electron chi connectivity index (χ2n) is 12.6. The summed E-state index contributed by atoms with van der Waals surface area (Å²) in [6, 6.07) is 5.99. The van der Waals surface area contributed by atoms with Crippen LogP contribution >= 0.6 is 0 Å². The molecule has 0 unspecified atom stereocenters. The van der Waals surface area contributed by atoms with E-state index in [1.54, 1.807) is 21.0 Å². The maximum Gasteiger partial charge on any atom is 0.294 e. The number of hydrogen-bond acceptors (Lipinski definition) is 6. The molecule has 7 nitrogen and oxygen atoms in total. The average molecular weight is 804 g/mol. The first-order chi connectivity index (χ1) is 23.0. The van der Waals surface area contributed by atoms with Crippen molar-refractivity contribution in [3.63, 3.8) is 0 Å². The topological polar surface area (TPSA) is 135 Å². The number of hydrogen-bond donors (Lipinski definition) is 1. The minimum atomic E-state index is -4.02. The van der Waals surface area contributed by atoms with Gasteiger partial charge in [-0.1, -0.05) is 134 Å². The Morgan fingerprint density at radius 1 is 0.542 bits per heavy atom. The maximum absolute atomic E-state index is 10.5. The molecule has 0 aliphatic heterocycles. The van der Waals surface area contributed by atoms with Crippen LogP contribution in [0.1, 0.15) is 187 Å². The number of rotatable bonds is 27. The fourth-order valence-electron chi connectivity index (χ4n) is 4.60. The number of aryl methyl sites for hydroxylation is 1. The van der Waals surface area contributed by atoms with E-state index in [2.05, 4.69) is 27.7 Å². The first-order valence-electron chi connectivity index (χ1n) is 19.1. The molecule has 1 aromatic carbocycles. The Morgan fingerprint density at radius 3 is 1.10 bits per heavy atom. The molecule has 0 heterocycles. The summed E-state index contributed by atoms with van der Waals surface area (Å²) >= 11 is 0.149. The van der Waals surface area contributed by atoms with Crippen LogP contribution in [0.4, 0.5) is 0 Å². The van der Waals surface area contributed by atoms with Crippen LogP contribution in [0.5, 0.6) is 0 Å². The molecule has 0 saturated heterocycles. The monoisotopic (exact) mass is 804 g/mol. The third-order valence-electron chi connectivity index (χ3n) is 7.70. The Labute approximate surface area is 306 Å². The van der Waals surface area contributed by atoms with Crippen molar-refractivity contribution in [3.05, 3.63) is 29.8 Å². The second kappa shape index (κ2) is 40.3. The number of aliphatic carboxylic acids is 2. The van der Waals surface area contributed by atoms with Gasteiger partial charge in [0.15, 0.2) is 0 Å². The molecule has 9 heteroatoms. The van der Waals surface area contributed by atoms with Crippen molar-refractivity contribution in [1.82, 2.24) is 0 Å². The number of carboxylic acids is 2. The van der Waals surface area contributed by atoms with E-state index < -0.39 is 22.1 Å². The Balaban J connectivity index is -0.000000570. The van der Waals surface area contributed by atoms with Gasteiger partial charge in [-0.05, 0) is 44.7 Å². The molecule has 48 heavy (non-hydrogen) atoms. The van der Waals surface area contributed by atoms with Crippen molar-refractivity contribution in [2.45, 2.75) is 202 Å². The molecule has 0 aliphatic carbocycles. The van der Waals surface area contributed by atoms with Crippen LogP contribution in [0.15, 0.2) is 29.2 Å². The van der Waals surface area contributed by atoms with Gasteiger partial charge in [0.2, 0.25) is 0 Å². The summed E-state index contributed by atoms with van der Waals surface area (Å²) < 4.78 is 32.8. The summed E-state index contributed by atoms with van der Waals surface area (Å²) in [4.78, 5) is 20.1. The van der Waals surface area contributed by atoms with E-state index in [0.29, 0.717) is 0 Å². The summed E-state index contributed by atoms with van der Waals surface area (Å²) in [6.07, 6.45) is 28.2. The largest absolute Gasteiger partial charge is 0.294 e. The molecule has 0 fully saturated rings. The van der Waals surface area contributed by atoms with Gasteiger partial charge in [0, 0.05) is 11.9 Å². The van der Waals surface area contributed by atoms with E-state index in [-0.39, 0.29) is 38.9 Å². The Bertz CT molecular complexity index is 883. The zero-order chi connectivity index (χ0) is 36.7. The molecule has 280 valence electrons. The van der Waals surface area contributed by atoms with Gasteiger partial charge in [0.05, 0.1) is 4.90 Å². The van der Waals surface area contributed by atoms with Gasteiger partial charge >= 0.3 is 69.5 Å². The zero-order valence-electron chi connectivity index (χ0n) is 31.5. The number of unbranched alkanes of at least 4 members (excludes halogenated alkanes) is 18. The van der Waals surface area contributed by atoms with Crippen LogP contribution in [0, 0.1) is 6.92 Å². The summed E-state index contributed by atoms with van der Waals surface area (Å²) in [6.45, 7) is 10.9. The van der Waals surface area contributed by atoms with Crippen molar-refractivity contribution in [1.29, 1.82) is 0 Å². The van der Waals surface area contributed by atoms with E-state index in [0.717, 1.165) is 31.2 Å². The number of carboxylic acid groups (broad SMARTS) is 2. The molecule has 0 saturated carbocycles. The molecule has 0 aliphatic rings. The predicted molar refractivity (Wildman–Crippen MR) is 200 cm³/mol. The van der Waals surface area contributed by atoms with Crippen LogP contribution in [-0.4, -0.2) is 46.1 Å². The maximum atomic E-state index is 10.5. The van der Waals surface area contributed by atoms with Gasteiger partial charge in [0.1, 0.15) is 0 Å². The van der Waals surface area contributed by atoms with Crippen molar-refractivity contribution in [2.75, 3.05) is 0 Å². The molecule has 0 bridgehead atoms. The molecule has 0 radical (unpaired) electrons. The predicted octanol–water partition coefficient (Wildman–Crippen LogP) is 9.68. The Kier molecular flexibility index (Phi) is 43.0. The van der Waals surface area contributed by atoms with Crippen LogP contribution in [0.3, 0.4) is 0 Å². The van der Waals surface area contributed by atoms with E-state index in [9.17, 15) is 28.2 Å². The van der Waals surface area contributed by atoms with Crippen molar-refractivity contribution >= 4 is 43.2 Å². The average Bonchev–Trinajstić information content (AvgIpc) is 3.04. The van der Waals surface area contributed by atoms with Crippen LogP contribution < -0.4 is 10.2 Å². The van der Waals surface area contributed by atoms with Gasteiger partial charge in [-0.25, -0.2) is 0 Å². The van der Waals surface area contributed by atoms with E-state index in [1.165, 1.54) is 128 Å². The number of benzene rings is 1. The molecule has 0 aromatic heterocycles. The van der Waals surface area contributed by atoms with E-state index in [4.69, 9.17) is 4.55 Å². The number of carbonyl (C=O) groups is 2. The standard InChI is InChI=1S/2C12H24O2.C7H8O3S.2C4H9.Sn/c2*1-2-3-4-5-6-7-8-9-10-11-12(13)14;1-6-2-4-7(5-3-6)11(8,9)10;2*1-3-4-2;/h2*2-11H2,1H3,(H,13,14);2-5H,1H3,(H,8,9,10);2*1,3-4H2,2H3;/q;;;;;+2/p-2. The van der Waals surface area contributed by atoms with Crippen LogP contribution in [0.2, 0.25) is 8.87 Å².